The Labute approximate surface area is 176 Å². The van der Waals surface area contributed by atoms with Crippen LogP contribution >= 0.6 is 0 Å². The van der Waals surface area contributed by atoms with Gasteiger partial charge in [-0.2, -0.15) is 0 Å². The van der Waals surface area contributed by atoms with E-state index in [1.54, 1.807) is 7.11 Å². The van der Waals surface area contributed by atoms with Crippen LogP contribution in [0.3, 0.4) is 0 Å². The fraction of sp³-hybridized carbons (Fsp3) is 0.107. The summed E-state index contributed by atoms with van der Waals surface area (Å²) in [7, 11) is 1.63. The Morgan fingerprint density at radius 3 is 1.40 bits per heavy atom. The number of methoxy groups -OCH3 is 1. The molecule has 2 heteroatoms. The van der Waals surface area contributed by atoms with Gasteiger partial charge in [0.25, 0.3) is 0 Å². The minimum absolute atomic E-state index is 0.0160. The number of fused-ring (bicyclic) bond motifs is 1. The fourth-order valence-electron chi connectivity index (χ4n) is 5.02. The van der Waals surface area contributed by atoms with Gasteiger partial charge in [-0.3, -0.25) is 4.79 Å². The summed E-state index contributed by atoms with van der Waals surface area (Å²) in [4.78, 5) is 14.7. The van der Waals surface area contributed by atoms with Crippen molar-refractivity contribution in [3.05, 3.63) is 143 Å². The van der Waals surface area contributed by atoms with Crippen molar-refractivity contribution in [2.45, 2.75) is 11.0 Å². The van der Waals surface area contributed by atoms with Crippen molar-refractivity contribution in [2.24, 2.45) is 0 Å². The lowest BCUT2D eigenvalue weighted by molar-refractivity contribution is -0.138. The number of rotatable bonds is 4. The SMILES string of the molecule is COC1(c2ccccc2)C(=O)C(c2ccccc2)(c2ccccc2)c2ccccc21. The quantitative estimate of drug-likeness (QED) is 0.460. The van der Waals surface area contributed by atoms with Crippen molar-refractivity contribution in [2.75, 3.05) is 7.11 Å². The van der Waals surface area contributed by atoms with Crippen LogP contribution in [0.25, 0.3) is 0 Å². The first kappa shape index (κ1) is 18.5. The van der Waals surface area contributed by atoms with E-state index in [1.165, 1.54) is 0 Å². The second kappa shape index (κ2) is 7.08. The minimum Gasteiger partial charge on any atom is -0.361 e. The largest absolute Gasteiger partial charge is 0.361 e. The highest BCUT2D eigenvalue weighted by Crippen LogP contribution is 2.56. The van der Waals surface area contributed by atoms with E-state index < -0.39 is 11.0 Å². The van der Waals surface area contributed by atoms with Crippen LogP contribution < -0.4 is 0 Å². The highest BCUT2D eigenvalue weighted by atomic mass is 16.5. The number of hydrogen-bond donors (Lipinski definition) is 0. The third kappa shape index (κ3) is 2.31. The molecule has 0 spiro atoms. The third-order valence-corrected chi connectivity index (χ3v) is 6.27. The number of hydrogen-bond acceptors (Lipinski definition) is 2. The molecule has 1 aliphatic rings. The number of carbonyl (C=O) groups excluding carboxylic acids is 1. The van der Waals surface area contributed by atoms with Gasteiger partial charge in [0.2, 0.25) is 0 Å². The number of carbonyl (C=O) groups is 1. The molecule has 4 aromatic rings. The van der Waals surface area contributed by atoms with Crippen molar-refractivity contribution < 1.29 is 9.53 Å². The van der Waals surface area contributed by atoms with Crippen LogP contribution in [0, 0.1) is 0 Å². The van der Waals surface area contributed by atoms with Crippen LogP contribution in [0.2, 0.25) is 0 Å². The molecule has 0 aliphatic heterocycles. The summed E-state index contributed by atoms with van der Waals surface area (Å²) in [6, 6.07) is 38.0. The number of ketones is 1. The molecule has 0 saturated carbocycles. The first-order valence-corrected chi connectivity index (χ1v) is 10.1. The molecule has 0 radical (unpaired) electrons. The molecule has 0 fully saturated rings. The summed E-state index contributed by atoms with van der Waals surface area (Å²) < 4.78 is 6.17. The molecule has 2 nitrogen and oxygen atoms in total. The first-order valence-electron chi connectivity index (χ1n) is 10.1. The monoisotopic (exact) mass is 390 g/mol. The van der Waals surface area contributed by atoms with Crippen molar-refractivity contribution in [3.8, 4) is 0 Å². The van der Waals surface area contributed by atoms with E-state index in [0.717, 1.165) is 27.8 Å². The van der Waals surface area contributed by atoms with Crippen LogP contribution in [0.5, 0.6) is 0 Å². The fourth-order valence-corrected chi connectivity index (χ4v) is 5.02. The molecule has 0 aromatic heterocycles. The van der Waals surface area contributed by atoms with Crippen LogP contribution in [0.1, 0.15) is 27.8 Å². The van der Waals surface area contributed by atoms with E-state index in [4.69, 9.17) is 4.74 Å². The van der Waals surface area contributed by atoms with E-state index in [2.05, 4.69) is 6.07 Å². The molecule has 4 aromatic carbocycles. The zero-order valence-corrected chi connectivity index (χ0v) is 16.8. The Morgan fingerprint density at radius 1 is 0.533 bits per heavy atom. The predicted molar refractivity (Wildman–Crippen MR) is 118 cm³/mol. The Morgan fingerprint density at radius 2 is 0.933 bits per heavy atom. The van der Waals surface area contributed by atoms with Crippen LogP contribution in [-0.2, 0) is 20.5 Å². The summed E-state index contributed by atoms with van der Waals surface area (Å²) in [6.45, 7) is 0. The van der Waals surface area contributed by atoms with Gasteiger partial charge >= 0.3 is 0 Å². The summed E-state index contributed by atoms with van der Waals surface area (Å²) in [5.41, 5.74) is 2.48. The minimum atomic E-state index is -1.18. The second-order valence-corrected chi connectivity index (χ2v) is 7.61. The van der Waals surface area contributed by atoms with Gasteiger partial charge in [-0.25, -0.2) is 0 Å². The molecule has 0 N–H and O–H groups in total. The molecule has 1 unspecified atom stereocenters. The average molecular weight is 390 g/mol. The highest BCUT2D eigenvalue weighted by Gasteiger charge is 2.62. The van der Waals surface area contributed by atoms with Gasteiger partial charge in [0, 0.05) is 12.7 Å². The van der Waals surface area contributed by atoms with E-state index in [-0.39, 0.29) is 5.78 Å². The first-order chi connectivity index (χ1) is 14.8. The molecule has 1 aliphatic carbocycles. The van der Waals surface area contributed by atoms with Crippen molar-refractivity contribution in [1.82, 2.24) is 0 Å². The zero-order chi connectivity index (χ0) is 20.6. The molecule has 5 rings (SSSR count). The lowest BCUT2D eigenvalue weighted by atomic mass is 9.68. The normalized spacial score (nSPS) is 19.4. The predicted octanol–water partition coefficient (Wildman–Crippen LogP) is 5.49. The lowest BCUT2D eigenvalue weighted by Gasteiger charge is -2.34. The van der Waals surface area contributed by atoms with Gasteiger partial charge in [-0.05, 0) is 22.3 Å². The highest BCUT2D eigenvalue weighted by molar-refractivity contribution is 6.10. The number of Topliss-reactive ketones (excluding diaryl/α,β-unsaturated/α-hetero) is 1. The summed E-state index contributed by atoms with van der Waals surface area (Å²) in [6.07, 6.45) is 0. The maximum Gasteiger partial charge on any atom is 0.193 e. The van der Waals surface area contributed by atoms with Gasteiger partial charge in [0.1, 0.15) is 5.41 Å². The van der Waals surface area contributed by atoms with Gasteiger partial charge in [0.15, 0.2) is 11.4 Å². The third-order valence-electron chi connectivity index (χ3n) is 6.27. The second-order valence-electron chi connectivity index (χ2n) is 7.61. The van der Waals surface area contributed by atoms with Crippen molar-refractivity contribution in [3.63, 3.8) is 0 Å². The van der Waals surface area contributed by atoms with E-state index >= 15 is 0 Å². The molecule has 146 valence electrons. The number of ether oxygens (including phenoxy) is 1. The van der Waals surface area contributed by atoms with Gasteiger partial charge in [-0.1, -0.05) is 115 Å². The van der Waals surface area contributed by atoms with E-state index in [0.29, 0.717) is 0 Å². The van der Waals surface area contributed by atoms with Crippen LogP contribution in [0.4, 0.5) is 0 Å². The van der Waals surface area contributed by atoms with Crippen molar-refractivity contribution in [1.29, 1.82) is 0 Å². The van der Waals surface area contributed by atoms with E-state index in [9.17, 15) is 4.79 Å². The molecule has 0 heterocycles. The molecule has 1 atom stereocenters. The molecular formula is C28H22O2. The summed E-state index contributed by atoms with van der Waals surface area (Å²) >= 11 is 0. The molecule has 0 bridgehead atoms. The average Bonchev–Trinajstić information content (AvgIpc) is 3.06. The summed E-state index contributed by atoms with van der Waals surface area (Å²) in [5.74, 6) is 0.0160. The molecule has 0 saturated heterocycles. The Balaban J connectivity index is 1.94. The lowest BCUT2D eigenvalue weighted by Crippen LogP contribution is -2.45. The Kier molecular flexibility index (Phi) is 4.38. The standard InChI is InChI=1S/C28H22O2/c1-30-28(23-17-9-4-10-18-23)25-20-12-11-19-24(25)27(26(28)29,21-13-5-2-6-14-21)22-15-7-3-8-16-22/h2-20H,1H3. The zero-order valence-electron chi connectivity index (χ0n) is 16.8. The molecule has 30 heavy (non-hydrogen) atoms. The van der Waals surface area contributed by atoms with Crippen molar-refractivity contribution >= 4 is 5.78 Å². The molecule has 0 amide bonds. The van der Waals surface area contributed by atoms with Gasteiger partial charge in [0.05, 0.1) is 0 Å². The maximum atomic E-state index is 14.7. The topological polar surface area (TPSA) is 26.3 Å². The number of benzene rings is 4. The molecular weight excluding hydrogens is 368 g/mol. The Bertz CT molecular complexity index is 1140. The van der Waals surface area contributed by atoms with E-state index in [1.807, 2.05) is 109 Å². The maximum absolute atomic E-state index is 14.7. The smallest absolute Gasteiger partial charge is 0.193 e. The summed E-state index contributed by atoms with van der Waals surface area (Å²) in [5, 5.41) is 0. The van der Waals surface area contributed by atoms with Crippen LogP contribution in [0.15, 0.2) is 115 Å². The van der Waals surface area contributed by atoms with Gasteiger partial charge < -0.3 is 4.74 Å². The Hall–Kier alpha value is -3.49. The van der Waals surface area contributed by atoms with Gasteiger partial charge in [-0.15, -0.1) is 0 Å². The van der Waals surface area contributed by atoms with Crippen LogP contribution in [-0.4, -0.2) is 12.9 Å².